The average molecular weight is 256 g/mol. The first-order chi connectivity index (χ1) is 7.31. The molecule has 0 unspecified atom stereocenters. The number of nitrogens with one attached hydrogen (secondary N) is 2. The lowest BCUT2D eigenvalue weighted by Crippen LogP contribution is -2.30. The van der Waals surface area contributed by atoms with Crippen LogP contribution in [0.3, 0.4) is 0 Å². The first-order valence-corrected chi connectivity index (χ1v) is 6.24. The summed E-state index contributed by atoms with van der Waals surface area (Å²) < 4.78 is 1.72. The van der Waals surface area contributed by atoms with Crippen molar-refractivity contribution in [1.29, 1.82) is 0 Å². The molecule has 0 bridgehead atoms. The molecule has 0 saturated carbocycles. The van der Waals surface area contributed by atoms with Crippen LogP contribution in [0.25, 0.3) is 10.2 Å². The number of thioether (sulfide) groups is 1. The summed E-state index contributed by atoms with van der Waals surface area (Å²) >= 11 is 8.15. The summed E-state index contributed by atoms with van der Waals surface area (Å²) in [6.45, 7) is 0. The average Bonchev–Trinajstić information content (AvgIpc) is 2.67. The molecule has 0 fully saturated rings. The predicted molar refractivity (Wildman–Crippen MR) is 68.1 cm³/mol. The van der Waals surface area contributed by atoms with Crippen molar-refractivity contribution in [1.82, 2.24) is 20.8 Å². The normalized spacial score (nSPS) is 10.5. The van der Waals surface area contributed by atoms with Gasteiger partial charge in [0.25, 0.3) is 0 Å². The van der Waals surface area contributed by atoms with Crippen LogP contribution in [-0.4, -0.2) is 21.3 Å². The highest BCUT2D eigenvalue weighted by Crippen LogP contribution is 2.28. The highest BCUT2D eigenvalue weighted by molar-refractivity contribution is 8.23. The molecule has 78 valence electrons. The van der Waals surface area contributed by atoms with Crippen molar-refractivity contribution < 1.29 is 0 Å². The van der Waals surface area contributed by atoms with Gasteiger partial charge in [-0.2, -0.15) is 0 Å². The first-order valence-electron chi connectivity index (χ1n) is 4.14. The fraction of sp³-hybridized carbons (Fsp3) is 0.125. The van der Waals surface area contributed by atoms with E-state index in [1.807, 2.05) is 11.4 Å². The van der Waals surface area contributed by atoms with E-state index in [0.717, 1.165) is 15.2 Å². The van der Waals surface area contributed by atoms with Gasteiger partial charge in [-0.05, 0) is 23.2 Å². The van der Waals surface area contributed by atoms with Crippen molar-refractivity contribution in [3.05, 3.63) is 17.8 Å². The van der Waals surface area contributed by atoms with E-state index in [1.54, 1.807) is 24.7 Å². The van der Waals surface area contributed by atoms with Crippen LogP contribution in [0.15, 0.2) is 22.8 Å². The number of nitrogens with zero attached hydrogens (tertiary/aromatic N) is 2. The number of aromatic nitrogens is 2. The summed E-state index contributed by atoms with van der Waals surface area (Å²) in [5, 5.41) is 2.89. The Kier molecular flexibility index (Phi) is 3.47. The van der Waals surface area contributed by atoms with E-state index >= 15 is 0 Å². The van der Waals surface area contributed by atoms with Gasteiger partial charge >= 0.3 is 0 Å². The van der Waals surface area contributed by atoms with Crippen molar-refractivity contribution in [2.45, 2.75) is 5.03 Å². The van der Waals surface area contributed by atoms with Crippen LogP contribution >= 0.6 is 35.3 Å². The van der Waals surface area contributed by atoms with Crippen LogP contribution in [0.1, 0.15) is 0 Å². The molecule has 0 aliphatic carbocycles. The number of hydrazine groups is 1. The summed E-state index contributed by atoms with van der Waals surface area (Å²) in [7, 11) is 1.77. The summed E-state index contributed by atoms with van der Waals surface area (Å²) in [6.07, 6.45) is 1.55. The molecule has 2 N–H and O–H groups in total. The smallest absolute Gasteiger partial charge is 0.154 e. The van der Waals surface area contributed by atoms with Crippen LogP contribution in [-0.2, 0) is 0 Å². The molecule has 4 nitrogen and oxygen atoms in total. The standard InChI is InChI=1S/C8H8N4S3/c1-9-12-8(13)15-7-6-5(2-3-14-6)10-4-11-7/h2-4,9H,1H3,(H,12,13). The molecule has 2 aromatic rings. The number of hydrogen-bond acceptors (Lipinski definition) is 6. The molecular formula is C8H8N4S3. The Balaban J connectivity index is 2.27. The number of thiocarbonyl (C=S) groups is 1. The van der Waals surface area contributed by atoms with Crippen LogP contribution in [0.2, 0.25) is 0 Å². The van der Waals surface area contributed by atoms with Gasteiger partial charge in [0, 0.05) is 7.05 Å². The summed E-state index contributed by atoms with van der Waals surface area (Å²) in [5.74, 6) is 0. The van der Waals surface area contributed by atoms with Crippen molar-refractivity contribution >= 4 is 49.9 Å². The van der Waals surface area contributed by atoms with E-state index in [0.29, 0.717) is 4.32 Å². The van der Waals surface area contributed by atoms with Crippen LogP contribution in [0.5, 0.6) is 0 Å². The summed E-state index contributed by atoms with van der Waals surface area (Å²) in [4.78, 5) is 8.37. The van der Waals surface area contributed by atoms with Gasteiger partial charge in [0.1, 0.15) is 11.4 Å². The van der Waals surface area contributed by atoms with Crippen molar-refractivity contribution in [2.24, 2.45) is 0 Å². The maximum Gasteiger partial charge on any atom is 0.154 e. The monoisotopic (exact) mass is 256 g/mol. The molecule has 0 atom stereocenters. The molecule has 0 saturated heterocycles. The van der Waals surface area contributed by atoms with E-state index in [4.69, 9.17) is 12.2 Å². The highest BCUT2D eigenvalue weighted by Gasteiger charge is 2.07. The Labute approximate surface area is 100 Å². The molecule has 0 spiro atoms. The second-order valence-corrected chi connectivity index (χ2v) is 5.16. The lowest BCUT2D eigenvalue weighted by atomic mass is 10.5. The fourth-order valence-corrected chi connectivity index (χ4v) is 3.02. The Bertz CT molecular complexity index is 481. The molecule has 15 heavy (non-hydrogen) atoms. The predicted octanol–water partition coefficient (Wildman–Crippen LogP) is 1.79. The lowest BCUT2D eigenvalue weighted by molar-refractivity contribution is 0.786. The van der Waals surface area contributed by atoms with Crippen molar-refractivity contribution in [3.63, 3.8) is 0 Å². The molecular weight excluding hydrogens is 248 g/mol. The minimum atomic E-state index is 0.644. The molecule has 2 heterocycles. The molecule has 0 aliphatic rings. The second-order valence-electron chi connectivity index (χ2n) is 2.58. The molecule has 2 aromatic heterocycles. The first kappa shape index (κ1) is 10.7. The summed E-state index contributed by atoms with van der Waals surface area (Å²) in [5.41, 5.74) is 6.58. The summed E-state index contributed by atoms with van der Waals surface area (Å²) in [6, 6.07) is 1.97. The maximum atomic E-state index is 5.11. The molecule has 0 aromatic carbocycles. The molecule has 7 heteroatoms. The van der Waals surface area contributed by atoms with E-state index in [-0.39, 0.29) is 0 Å². The zero-order chi connectivity index (χ0) is 10.7. The van der Waals surface area contributed by atoms with Gasteiger partial charge in [-0.1, -0.05) is 12.2 Å². The van der Waals surface area contributed by atoms with Crippen molar-refractivity contribution in [3.8, 4) is 0 Å². The fourth-order valence-electron chi connectivity index (χ4n) is 1.05. The van der Waals surface area contributed by atoms with Gasteiger partial charge in [0.05, 0.1) is 10.2 Å². The topological polar surface area (TPSA) is 49.8 Å². The van der Waals surface area contributed by atoms with E-state index in [9.17, 15) is 0 Å². The minimum Gasteiger partial charge on any atom is -0.307 e. The van der Waals surface area contributed by atoms with E-state index in [2.05, 4.69) is 20.8 Å². The maximum absolute atomic E-state index is 5.11. The van der Waals surface area contributed by atoms with Gasteiger partial charge < -0.3 is 5.43 Å². The molecule has 0 amide bonds. The van der Waals surface area contributed by atoms with E-state index < -0.39 is 0 Å². The molecule has 0 aliphatic heterocycles. The third-order valence-corrected chi connectivity index (χ3v) is 3.81. The second kappa shape index (κ2) is 4.84. The van der Waals surface area contributed by atoms with Gasteiger partial charge in [0.15, 0.2) is 4.32 Å². The molecule has 0 radical (unpaired) electrons. The van der Waals surface area contributed by atoms with Gasteiger partial charge in [0.2, 0.25) is 0 Å². The van der Waals surface area contributed by atoms with Gasteiger partial charge in [-0.15, -0.1) is 11.3 Å². The SMILES string of the molecule is CNNC(=S)Sc1ncnc2ccsc12. The van der Waals surface area contributed by atoms with Gasteiger partial charge in [-0.25, -0.2) is 15.4 Å². The zero-order valence-electron chi connectivity index (χ0n) is 7.85. The van der Waals surface area contributed by atoms with Crippen LogP contribution in [0, 0.1) is 0 Å². The third-order valence-electron chi connectivity index (χ3n) is 1.63. The third kappa shape index (κ3) is 2.43. The Morgan fingerprint density at radius 3 is 3.20 bits per heavy atom. The Hall–Kier alpha value is -0.760. The van der Waals surface area contributed by atoms with Crippen LogP contribution in [0.4, 0.5) is 0 Å². The zero-order valence-corrected chi connectivity index (χ0v) is 10.3. The van der Waals surface area contributed by atoms with Gasteiger partial charge in [-0.3, -0.25) is 0 Å². The highest BCUT2D eigenvalue weighted by atomic mass is 32.2. The number of hydrogen-bond donors (Lipinski definition) is 2. The minimum absolute atomic E-state index is 0.644. The van der Waals surface area contributed by atoms with Crippen molar-refractivity contribution in [2.75, 3.05) is 7.05 Å². The Morgan fingerprint density at radius 2 is 2.40 bits per heavy atom. The largest absolute Gasteiger partial charge is 0.307 e. The lowest BCUT2D eigenvalue weighted by Gasteiger charge is -2.04. The quantitative estimate of drug-likeness (QED) is 0.370. The molecule has 2 rings (SSSR count). The number of thiophene rings is 1. The van der Waals surface area contributed by atoms with Crippen LogP contribution < -0.4 is 10.9 Å². The Morgan fingerprint density at radius 1 is 1.53 bits per heavy atom. The number of rotatable bonds is 2. The van der Waals surface area contributed by atoms with E-state index in [1.165, 1.54) is 11.8 Å². The number of fused-ring (bicyclic) bond motifs is 1.